The van der Waals surface area contributed by atoms with Gasteiger partial charge in [-0.25, -0.2) is 28.1 Å². The summed E-state index contributed by atoms with van der Waals surface area (Å²) in [5, 5.41) is 15.6. The second-order valence-electron chi connectivity index (χ2n) is 9.14. The van der Waals surface area contributed by atoms with Crippen molar-refractivity contribution in [1.82, 2.24) is 29.9 Å². The molecule has 0 radical (unpaired) electrons. The Hall–Kier alpha value is -2.59. The summed E-state index contributed by atoms with van der Waals surface area (Å²) in [6, 6.07) is 1.90. The Labute approximate surface area is 216 Å². The zero-order chi connectivity index (χ0) is 27.6. The number of rotatable bonds is 9. The van der Waals surface area contributed by atoms with Gasteiger partial charge in [0.15, 0.2) is 5.60 Å². The summed E-state index contributed by atoms with van der Waals surface area (Å²) in [4.78, 5) is 25.6. The normalized spacial score (nSPS) is 19.1. The number of carbonyl (C=O) groups is 1. The van der Waals surface area contributed by atoms with Crippen molar-refractivity contribution in [2.75, 3.05) is 31.5 Å². The van der Waals surface area contributed by atoms with Gasteiger partial charge >= 0.3 is 6.18 Å². The molecule has 0 aromatic carbocycles. The molecule has 0 bridgehead atoms. The van der Waals surface area contributed by atoms with E-state index in [1.807, 2.05) is 4.90 Å². The number of halogens is 4. The predicted molar refractivity (Wildman–Crippen MR) is 128 cm³/mol. The maximum Gasteiger partial charge on any atom is 0.421 e. The molecular weight excluding hydrogens is 539 g/mol. The van der Waals surface area contributed by atoms with E-state index in [-0.39, 0.29) is 35.0 Å². The van der Waals surface area contributed by atoms with Crippen LogP contribution in [0.3, 0.4) is 0 Å². The van der Waals surface area contributed by atoms with Crippen molar-refractivity contribution in [2.24, 2.45) is 0 Å². The van der Waals surface area contributed by atoms with Gasteiger partial charge in [0, 0.05) is 50.3 Å². The monoisotopic (exact) mass is 565 g/mol. The van der Waals surface area contributed by atoms with Crippen molar-refractivity contribution in [1.29, 1.82) is 0 Å². The highest BCUT2D eigenvalue weighted by atomic mass is 35.5. The first-order valence-electron chi connectivity index (χ1n) is 11.1. The average Bonchev–Trinajstić information content (AvgIpc) is 2.80. The molecule has 0 saturated carbocycles. The van der Waals surface area contributed by atoms with Gasteiger partial charge in [-0.15, -0.1) is 0 Å². The van der Waals surface area contributed by atoms with Gasteiger partial charge in [0.05, 0.1) is 11.6 Å². The van der Waals surface area contributed by atoms with Gasteiger partial charge in [0.1, 0.15) is 10.0 Å². The lowest BCUT2D eigenvalue weighted by Crippen LogP contribution is -2.64. The lowest BCUT2D eigenvalue weighted by atomic mass is 9.98. The third-order valence-electron chi connectivity index (χ3n) is 6.08. The number of piperazine rings is 1. The first kappa shape index (κ1) is 29.0. The number of aliphatic hydroxyl groups is 1. The van der Waals surface area contributed by atoms with Crippen LogP contribution >= 0.6 is 11.6 Å². The van der Waals surface area contributed by atoms with Crippen molar-refractivity contribution in [3.8, 4) is 0 Å². The number of nitrogens with zero attached hydrogens (tertiary/aromatic N) is 4. The number of nitrogens with one attached hydrogen (secondary N) is 3. The first-order valence-corrected chi connectivity index (χ1v) is 12.9. The largest absolute Gasteiger partial charge is 0.421 e. The molecule has 3 heterocycles. The Morgan fingerprint density at radius 1 is 1.22 bits per heavy atom. The number of aromatic nitrogens is 3. The second kappa shape index (κ2) is 10.6. The smallest absolute Gasteiger partial charge is 0.376 e. The molecule has 2 aromatic heterocycles. The molecular formula is C21H27ClF3N7O4S. The number of sulfonamides is 1. The molecule has 0 spiro atoms. The van der Waals surface area contributed by atoms with Crippen LogP contribution < -0.4 is 15.4 Å². The maximum absolute atomic E-state index is 13.1. The van der Waals surface area contributed by atoms with E-state index < -0.39 is 38.9 Å². The van der Waals surface area contributed by atoms with E-state index in [1.165, 1.54) is 12.1 Å². The van der Waals surface area contributed by atoms with E-state index in [2.05, 4.69) is 30.3 Å². The molecule has 1 unspecified atom stereocenters. The quantitative estimate of drug-likeness (QED) is 0.330. The van der Waals surface area contributed by atoms with E-state index in [0.717, 1.165) is 18.6 Å². The van der Waals surface area contributed by atoms with E-state index in [0.29, 0.717) is 20.0 Å². The molecule has 2 aromatic rings. The maximum atomic E-state index is 13.1. The molecule has 37 heavy (non-hydrogen) atoms. The Bertz CT molecular complexity index is 1210. The SMILES string of the molecule is CC1(C)C(=O)NCCN1C[C@@H](CNS(=O)(=O)c1ccc(Cl)nc1)Nc1ncc(C(C)(O)C(F)(F)F)cn1. The molecule has 204 valence electrons. The first-order chi connectivity index (χ1) is 17.0. The minimum Gasteiger partial charge on any atom is -0.376 e. The van der Waals surface area contributed by atoms with Crippen molar-refractivity contribution in [3.63, 3.8) is 0 Å². The van der Waals surface area contributed by atoms with E-state index in [4.69, 9.17) is 11.6 Å². The zero-order valence-corrected chi connectivity index (χ0v) is 21.7. The fourth-order valence-electron chi connectivity index (χ4n) is 3.51. The van der Waals surface area contributed by atoms with Gasteiger partial charge in [-0.2, -0.15) is 13.2 Å². The van der Waals surface area contributed by atoms with Crippen molar-refractivity contribution in [3.05, 3.63) is 41.4 Å². The number of pyridine rings is 1. The van der Waals surface area contributed by atoms with Gasteiger partial charge in [-0.05, 0) is 32.9 Å². The summed E-state index contributed by atoms with van der Waals surface area (Å²) in [6.45, 7) is 4.84. The van der Waals surface area contributed by atoms with Gasteiger partial charge in [-0.3, -0.25) is 9.69 Å². The highest BCUT2D eigenvalue weighted by Crippen LogP contribution is 2.37. The van der Waals surface area contributed by atoms with Crippen LogP contribution in [-0.4, -0.2) is 83.2 Å². The fourth-order valence-corrected chi connectivity index (χ4v) is 4.64. The van der Waals surface area contributed by atoms with Crippen LogP contribution in [0.5, 0.6) is 0 Å². The summed E-state index contributed by atoms with van der Waals surface area (Å²) in [6.07, 6.45) is -2.17. The van der Waals surface area contributed by atoms with Crippen LogP contribution in [0.25, 0.3) is 0 Å². The van der Waals surface area contributed by atoms with Gasteiger partial charge in [0.25, 0.3) is 0 Å². The van der Waals surface area contributed by atoms with Crippen LogP contribution in [-0.2, 0) is 20.4 Å². The van der Waals surface area contributed by atoms with Crippen LogP contribution in [0, 0.1) is 0 Å². The molecule has 1 saturated heterocycles. The summed E-state index contributed by atoms with van der Waals surface area (Å²) < 4.78 is 67.4. The van der Waals surface area contributed by atoms with Crippen LogP contribution in [0.4, 0.5) is 19.1 Å². The van der Waals surface area contributed by atoms with Gasteiger partial charge < -0.3 is 15.7 Å². The molecule has 11 nitrogen and oxygen atoms in total. The summed E-state index contributed by atoms with van der Waals surface area (Å²) >= 11 is 5.72. The third-order valence-corrected chi connectivity index (χ3v) is 7.72. The molecule has 16 heteroatoms. The molecule has 0 aliphatic carbocycles. The van der Waals surface area contributed by atoms with Gasteiger partial charge in [-0.1, -0.05) is 11.6 Å². The number of hydrogen-bond acceptors (Lipinski definition) is 9. The zero-order valence-electron chi connectivity index (χ0n) is 20.2. The van der Waals surface area contributed by atoms with Crippen molar-refractivity contribution < 1.29 is 31.5 Å². The van der Waals surface area contributed by atoms with Crippen LogP contribution in [0.2, 0.25) is 5.15 Å². The second-order valence-corrected chi connectivity index (χ2v) is 11.3. The number of hydrogen-bond donors (Lipinski definition) is 4. The molecule has 1 aliphatic heterocycles. The Kier molecular flexibility index (Phi) is 8.34. The molecule has 1 amide bonds. The molecule has 1 fully saturated rings. The number of amides is 1. The Morgan fingerprint density at radius 3 is 2.43 bits per heavy atom. The average molecular weight is 566 g/mol. The Morgan fingerprint density at radius 2 is 1.86 bits per heavy atom. The topological polar surface area (TPSA) is 149 Å². The van der Waals surface area contributed by atoms with E-state index >= 15 is 0 Å². The number of anilines is 1. The van der Waals surface area contributed by atoms with Gasteiger partial charge in [0.2, 0.25) is 21.9 Å². The lowest BCUT2D eigenvalue weighted by Gasteiger charge is -2.42. The van der Waals surface area contributed by atoms with E-state index in [1.54, 1.807) is 13.8 Å². The standard InChI is InChI=1S/C21H27ClF3N7O4S/c1-19(2)17(33)26-6-7-32(19)12-14(10-30-37(35,36)15-4-5-16(22)27-11-15)31-18-28-8-13(9-29-18)20(3,34)21(23,24)25/h4-5,8-9,11,14,30,34H,6-7,10,12H2,1-3H3,(H,26,33)(H,28,29,31)/t14-,20?/m1/s1. The minimum atomic E-state index is -4.94. The highest BCUT2D eigenvalue weighted by Gasteiger charge is 2.51. The van der Waals surface area contributed by atoms with E-state index in [9.17, 15) is 31.5 Å². The number of alkyl halides is 3. The van der Waals surface area contributed by atoms with Crippen LogP contribution in [0.1, 0.15) is 26.3 Å². The van der Waals surface area contributed by atoms with Crippen LogP contribution in [0.15, 0.2) is 35.6 Å². The summed E-state index contributed by atoms with van der Waals surface area (Å²) in [5.74, 6) is -0.307. The fraction of sp³-hybridized carbons (Fsp3) is 0.524. The lowest BCUT2D eigenvalue weighted by molar-refractivity contribution is -0.259. The summed E-state index contributed by atoms with van der Waals surface area (Å²) in [7, 11) is -3.99. The van der Waals surface area contributed by atoms with Crippen molar-refractivity contribution in [2.45, 2.75) is 49.0 Å². The summed E-state index contributed by atoms with van der Waals surface area (Å²) in [5.41, 5.74) is -4.63. The predicted octanol–water partition coefficient (Wildman–Crippen LogP) is 1.26. The van der Waals surface area contributed by atoms with Crippen molar-refractivity contribution >= 4 is 33.5 Å². The Balaban J connectivity index is 1.82. The number of carbonyl (C=O) groups excluding carboxylic acids is 1. The molecule has 1 aliphatic rings. The molecule has 3 rings (SSSR count). The highest BCUT2D eigenvalue weighted by molar-refractivity contribution is 7.89. The molecule has 4 N–H and O–H groups in total. The minimum absolute atomic E-state index is 0.0988. The molecule has 2 atom stereocenters. The third kappa shape index (κ3) is 6.65.